The first kappa shape index (κ1) is 7.85. The fraction of sp³-hybridized carbons (Fsp3) is 0.250. The third-order valence-corrected chi connectivity index (χ3v) is 1.60. The second kappa shape index (κ2) is 2.78. The predicted molar refractivity (Wildman–Crippen MR) is 39.9 cm³/mol. The standard InChI is InChI=1S/C8H8FNO/c1-5-3-7(9)4-6(2)8(5)10-11/h3-4H,1-2H3/p+1. The number of rotatable bonds is 1. The van der Waals surface area contributed by atoms with Crippen LogP contribution in [0.2, 0.25) is 0 Å². The summed E-state index contributed by atoms with van der Waals surface area (Å²) in [5.74, 6) is -0.306. The van der Waals surface area contributed by atoms with Gasteiger partial charge >= 0.3 is 0 Å². The molecule has 0 aliphatic carbocycles. The molecular weight excluding hydrogens is 145 g/mol. The normalized spacial score (nSPS) is 9.73. The van der Waals surface area contributed by atoms with Gasteiger partial charge in [-0.25, -0.2) is 4.39 Å². The van der Waals surface area contributed by atoms with Crippen molar-refractivity contribution in [2.45, 2.75) is 13.8 Å². The fourth-order valence-corrected chi connectivity index (χ4v) is 1.07. The topological polar surface area (TPSA) is 31.0 Å². The molecule has 2 nitrogen and oxygen atoms in total. The summed E-state index contributed by atoms with van der Waals surface area (Å²) in [6.07, 6.45) is 0. The third-order valence-electron chi connectivity index (χ3n) is 1.60. The average molecular weight is 154 g/mol. The molecule has 0 fully saturated rings. The zero-order valence-corrected chi connectivity index (χ0v) is 6.44. The molecule has 0 aliphatic heterocycles. The summed E-state index contributed by atoms with van der Waals surface area (Å²) in [6, 6.07) is 2.65. The highest BCUT2D eigenvalue weighted by molar-refractivity contribution is 5.45. The Balaban J connectivity index is 3.36. The lowest BCUT2D eigenvalue weighted by atomic mass is 10.1. The molecule has 11 heavy (non-hydrogen) atoms. The first-order chi connectivity index (χ1) is 5.15. The van der Waals surface area contributed by atoms with Crippen LogP contribution >= 0.6 is 0 Å². The summed E-state index contributed by atoms with van der Waals surface area (Å²) < 4.78 is 12.6. The number of nitrogens with one attached hydrogen (secondary N) is 1. The number of hydrogen-bond acceptors (Lipinski definition) is 1. The largest absolute Gasteiger partial charge is 0.259 e. The second-order valence-electron chi connectivity index (χ2n) is 2.52. The van der Waals surface area contributed by atoms with E-state index in [2.05, 4.69) is 0 Å². The van der Waals surface area contributed by atoms with Crippen molar-refractivity contribution in [2.24, 2.45) is 0 Å². The van der Waals surface area contributed by atoms with E-state index in [1.165, 1.54) is 12.1 Å². The highest BCUT2D eigenvalue weighted by atomic mass is 19.1. The van der Waals surface area contributed by atoms with Gasteiger partial charge in [0.15, 0.2) is 0 Å². The second-order valence-corrected chi connectivity index (χ2v) is 2.52. The van der Waals surface area contributed by atoms with E-state index in [0.717, 1.165) is 0 Å². The smallest absolute Gasteiger partial charge is 0.207 e. The Hall–Kier alpha value is -1.25. The maximum Gasteiger partial charge on any atom is 0.259 e. The summed E-state index contributed by atoms with van der Waals surface area (Å²) in [7, 11) is 0. The van der Waals surface area contributed by atoms with Crippen molar-refractivity contribution < 1.29 is 9.57 Å². The minimum absolute atomic E-state index is 0.306. The first-order valence-corrected chi connectivity index (χ1v) is 3.30. The molecule has 0 atom stereocenters. The van der Waals surface area contributed by atoms with Crippen LogP contribution in [0.25, 0.3) is 0 Å². The maximum atomic E-state index is 12.6. The van der Waals surface area contributed by atoms with Crippen LogP contribution in [0.5, 0.6) is 0 Å². The molecule has 0 amide bonds. The first-order valence-electron chi connectivity index (χ1n) is 3.30. The monoisotopic (exact) mass is 154 g/mol. The molecule has 0 heterocycles. The van der Waals surface area contributed by atoms with E-state index in [9.17, 15) is 9.30 Å². The Morgan fingerprint density at radius 3 is 2.09 bits per heavy atom. The maximum absolute atomic E-state index is 12.6. The van der Waals surface area contributed by atoms with Gasteiger partial charge in [0.25, 0.3) is 5.69 Å². The molecular formula is C8H9FNO+. The number of halogens is 1. The van der Waals surface area contributed by atoms with Crippen LogP contribution in [0.15, 0.2) is 12.1 Å². The molecule has 0 spiro atoms. The summed E-state index contributed by atoms with van der Waals surface area (Å²) in [4.78, 5) is 10.3. The molecule has 1 aromatic carbocycles. The van der Waals surface area contributed by atoms with Crippen LogP contribution in [0.1, 0.15) is 11.1 Å². The van der Waals surface area contributed by atoms with Crippen LogP contribution in [-0.4, -0.2) is 0 Å². The quantitative estimate of drug-likeness (QED) is 0.640. The third kappa shape index (κ3) is 1.42. The van der Waals surface area contributed by atoms with Gasteiger partial charge in [-0.3, -0.25) is 0 Å². The number of benzene rings is 1. The van der Waals surface area contributed by atoms with Crippen molar-refractivity contribution in [2.75, 3.05) is 0 Å². The zero-order chi connectivity index (χ0) is 8.43. The lowest BCUT2D eigenvalue weighted by Gasteiger charge is -1.95. The molecule has 58 valence electrons. The Labute approximate surface area is 64.0 Å². The van der Waals surface area contributed by atoms with Crippen molar-refractivity contribution >= 4 is 5.69 Å². The molecule has 0 saturated carbocycles. The summed E-state index contributed by atoms with van der Waals surface area (Å²) in [5.41, 5.74) is 1.74. The molecule has 1 aromatic rings. The van der Waals surface area contributed by atoms with E-state index in [1.807, 2.05) is 0 Å². The molecule has 0 bridgehead atoms. The summed E-state index contributed by atoms with van der Waals surface area (Å²) in [6.45, 7) is 3.38. The SMILES string of the molecule is Cc1cc(F)cc(C)c1[NH+]=O. The summed E-state index contributed by atoms with van der Waals surface area (Å²) >= 11 is 0. The molecule has 0 aliphatic rings. The predicted octanol–water partition coefficient (Wildman–Crippen LogP) is 0.921. The molecule has 1 N–H and O–H groups in total. The number of nitroso groups, excluding NO2 is 1. The van der Waals surface area contributed by atoms with Crippen molar-refractivity contribution in [1.82, 2.24) is 0 Å². The average Bonchev–Trinajstić information content (AvgIpc) is 1.85. The van der Waals surface area contributed by atoms with E-state index in [1.54, 1.807) is 19.0 Å². The van der Waals surface area contributed by atoms with Gasteiger partial charge in [0, 0.05) is 21.2 Å². The fourth-order valence-electron chi connectivity index (χ4n) is 1.07. The summed E-state index contributed by atoms with van der Waals surface area (Å²) in [5, 5.41) is 1.77. The van der Waals surface area contributed by atoms with E-state index >= 15 is 0 Å². The van der Waals surface area contributed by atoms with Crippen molar-refractivity contribution in [3.05, 3.63) is 34.0 Å². The Morgan fingerprint density at radius 1 is 1.27 bits per heavy atom. The number of hydrogen-bond donors (Lipinski definition) is 1. The lowest BCUT2D eigenvalue weighted by Crippen LogP contribution is -2.56. The molecule has 3 heteroatoms. The lowest BCUT2D eigenvalue weighted by molar-refractivity contribution is -0.380. The van der Waals surface area contributed by atoms with E-state index in [-0.39, 0.29) is 5.82 Å². The van der Waals surface area contributed by atoms with Crippen molar-refractivity contribution in [1.29, 1.82) is 0 Å². The Bertz CT molecular complexity index is 273. The van der Waals surface area contributed by atoms with E-state index in [4.69, 9.17) is 0 Å². The Kier molecular flexibility index (Phi) is 1.98. The van der Waals surface area contributed by atoms with Crippen LogP contribution in [0, 0.1) is 24.6 Å². The molecule has 0 unspecified atom stereocenters. The van der Waals surface area contributed by atoms with Gasteiger partial charge < -0.3 is 0 Å². The van der Waals surface area contributed by atoms with Gasteiger partial charge in [-0.2, -0.15) is 0 Å². The minimum Gasteiger partial charge on any atom is -0.207 e. The van der Waals surface area contributed by atoms with Gasteiger partial charge in [0.2, 0.25) is 0 Å². The highest BCUT2D eigenvalue weighted by Gasteiger charge is 2.09. The Morgan fingerprint density at radius 2 is 1.73 bits per heavy atom. The van der Waals surface area contributed by atoms with Crippen molar-refractivity contribution in [3.63, 3.8) is 0 Å². The van der Waals surface area contributed by atoms with Crippen LogP contribution < -0.4 is 5.18 Å². The molecule has 0 saturated heterocycles. The van der Waals surface area contributed by atoms with Gasteiger partial charge in [-0.15, -0.1) is 0 Å². The minimum atomic E-state index is -0.306. The van der Waals surface area contributed by atoms with Crippen LogP contribution in [0.3, 0.4) is 0 Å². The van der Waals surface area contributed by atoms with Gasteiger partial charge in [0.1, 0.15) is 5.82 Å². The van der Waals surface area contributed by atoms with Crippen LogP contribution in [0.4, 0.5) is 10.1 Å². The molecule has 1 rings (SSSR count). The van der Waals surface area contributed by atoms with Gasteiger partial charge in [0.05, 0.1) is 0 Å². The van der Waals surface area contributed by atoms with Crippen LogP contribution in [-0.2, 0) is 0 Å². The van der Waals surface area contributed by atoms with Gasteiger partial charge in [-0.05, 0) is 26.0 Å². The molecule has 0 radical (unpaired) electrons. The van der Waals surface area contributed by atoms with E-state index < -0.39 is 0 Å². The zero-order valence-electron chi connectivity index (χ0n) is 6.44. The molecule has 0 aromatic heterocycles. The van der Waals surface area contributed by atoms with Gasteiger partial charge in [-0.1, -0.05) is 0 Å². The van der Waals surface area contributed by atoms with E-state index in [0.29, 0.717) is 16.8 Å². The highest BCUT2D eigenvalue weighted by Crippen LogP contribution is 2.15. The van der Waals surface area contributed by atoms with Crippen molar-refractivity contribution in [3.8, 4) is 0 Å². The number of aryl methyl sites for hydroxylation is 2.